The molecule has 1 aromatic carbocycles. The number of hydrogen-bond donors (Lipinski definition) is 1. The fourth-order valence-electron chi connectivity index (χ4n) is 3.16. The molecule has 1 amide bonds. The molecule has 0 saturated carbocycles. The summed E-state index contributed by atoms with van der Waals surface area (Å²) in [5, 5.41) is 9.32. The van der Waals surface area contributed by atoms with Gasteiger partial charge < -0.3 is 15.5 Å². The first kappa shape index (κ1) is 12.9. The summed E-state index contributed by atoms with van der Waals surface area (Å²) in [6, 6.07) is 8.38. The topological polar surface area (TPSA) is 73.4 Å². The lowest BCUT2D eigenvalue weighted by Crippen LogP contribution is -2.51. The van der Waals surface area contributed by atoms with E-state index < -0.39 is 0 Å². The SMILES string of the molecule is N#Cc1cc(CN)ccc1N1CCN2C(=O)CCC2C1. The Morgan fingerprint density at radius 1 is 1.40 bits per heavy atom. The Morgan fingerprint density at radius 2 is 2.25 bits per heavy atom. The second kappa shape index (κ2) is 5.14. The zero-order valence-corrected chi connectivity index (χ0v) is 11.4. The predicted molar refractivity (Wildman–Crippen MR) is 76.0 cm³/mol. The Hall–Kier alpha value is -2.06. The molecule has 5 nitrogen and oxygen atoms in total. The molecule has 2 fully saturated rings. The Labute approximate surface area is 118 Å². The van der Waals surface area contributed by atoms with Crippen molar-refractivity contribution >= 4 is 11.6 Å². The number of amides is 1. The van der Waals surface area contributed by atoms with Gasteiger partial charge in [-0.3, -0.25) is 4.79 Å². The number of piperazine rings is 1. The van der Waals surface area contributed by atoms with Crippen molar-refractivity contribution in [3.8, 4) is 6.07 Å². The minimum Gasteiger partial charge on any atom is -0.367 e. The van der Waals surface area contributed by atoms with Gasteiger partial charge in [0.15, 0.2) is 0 Å². The number of anilines is 1. The van der Waals surface area contributed by atoms with Crippen LogP contribution in [-0.2, 0) is 11.3 Å². The minimum absolute atomic E-state index is 0.272. The standard InChI is InChI=1S/C15H18N4O/c16-8-11-1-3-14(12(7-11)9-17)18-5-6-19-13(10-18)2-4-15(19)20/h1,3,7,13H,2,4-6,8,10,16H2. The normalized spacial score (nSPS) is 21.8. The first-order valence-corrected chi connectivity index (χ1v) is 7.00. The lowest BCUT2D eigenvalue weighted by atomic mass is 10.1. The molecule has 0 aliphatic carbocycles. The van der Waals surface area contributed by atoms with E-state index in [1.165, 1.54) is 0 Å². The van der Waals surface area contributed by atoms with E-state index in [9.17, 15) is 10.1 Å². The van der Waals surface area contributed by atoms with Gasteiger partial charge in [-0.15, -0.1) is 0 Å². The van der Waals surface area contributed by atoms with Crippen molar-refractivity contribution in [1.82, 2.24) is 4.90 Å². The van der Waals surface area contributed by atoms with Gasteiger partial charge in [0.2, 0.25) is 5.91 Å². The molecule has 5 heteroatoms. The fraction of sp³-hybridized carbons (Fsp3) is 0.467. The average molecular weight is 270 g/mol. The van der Waals surface area contributed by atoms with Gasteiger partial charge in [-0.05, 0) is 24.1 Å². The van der Waals surface area contributed by atoms with Crippen LogP contribution >= 0.6 is 0 Å². The molecular formula is C15H18N4O. The van der Waals surface area contributed by atoms with Crippen LogP contribution in [0.3, 0.4) is 0 Å². The highest BCUT2D eigenvalue weighted by Crippen LogP contribution is 2.28. The van der Waals surface area contributed by atoms with Crippen LogP contribution in [0.15, 0.2) is 18.2 Å². The van der Waals surface area contributed by atoms with Crippen LogP contribution in [0.5, 0.6) is 0 Å². The number of rotatable bonds is 2. The molecule has 2 saturated heterocycles. The number of fused-ring (bicyclic) bond motifs is 1. The molecule has 2 aliphatic heterocycles. The smallest absolute Gasteiger partial charge is 0.223 e. The zero-order chi connectivity index (χ0) is 14.1. The Bertz CT molecular complexity index is 578. The molecule has 2 aliphatic rings. The van der Waals surface area contributed by atoms with Crippen LogP contribution in [0.2, 0.25) is 0 Å². The highest BCUT2D eigenvalue weighted by molar-refractivity contribution is 5.79. The van der Waals surface area contributed by atoms with Crippen LogP contribution < -0.4 is 10.6 Å². The van der Waals surface area contributed by atoms with E-state index in [1.807, 2.05) is 23.1 Å². The molecule has 0 radical (unpaired) electrons. The van der Waals surface area contributed by atoms with Crippen LogP contribution in [0.4, 0.5) is 5.69 Å². The first-order valence-electron chi connectivity index (χ1n) is 7.00. The number of nitrogens with zero attached hydrogens (tertiary/aromatic N) is 3. The minimum atomic E-state index is 0.272. The van der Waals surface area contributed by atoms with Crippen molar-refractivity contribution in [2.45, 2.75) is 25.4 Å². The van der Waals surface area contributed by atoms with Gasteiger partial charge in [0.25, 0.3) is 0 Å². The number of nitriles is 1. The van der Waals surface area contributed by atoms with Gasteiger partial charge >= 0.3 is 0 Å². The maximum Gasteiger partial charge on any atom is 0.223 e. The van der Waals surface area contributed by atoms with Gasteiger partial charge in [-0.25, -0.2) is 0 Å². The lowest BCUT2D eigenvalue weighted by molar-refractivity contribution is -0.129. The third kappa shape index (κ3) is 2.12. The van der Waals surface area contributed by atoms with Crippen molar-refractivity contribution < 1.29 is 4.79 Å². The van der Waals surface area contributed by atoms with Crippen molar-refractivity contribution in [1.29, 1.82) is 5.26 Å². The fourth-order valence-corrected chi connectivity index (χ4v) is 3.16. The first-order chi connectivity index (χ1) is 9.72. The zero-order valence-electron chi connectivity index (χ0n) is 11.4. The molecule has 1 unspecified atom stereocenters. The van der Waals surface area contributed by atoms with Gasteiger partial charge in [0.05, 0.1) is 11.3 Å². The molecule has 0 bridgehead atoms. The van der Waals surface area contributed by atoms with E-state index in [-0.39, 0.29) is 5.91 Å². The number of carbonyl (C=O) groups is 1. The van der Waals surface area contributed by atoms with Gasteiger partial charge in [0.1, 0.15) is 6.07 Å². The second-order valence-electron chi connectivity index (χ2n) is 5.39. The molecule has 2 N–H and O–H groups in total. The maximum absolute atomic E-state index is 11.7. The van der Waals surface area contributed by atoms with Crippen LogP contribution in [-0.4, -0.2) is 36.5 Å². The van der Waals surface area contributed by atoms with E-state index in [0.717, 1.165) is 37.3 Å². The van der Waals surface area contributed by atoms with Crippen LogP contribution in [0.1, 0.15) is 24.0 Å². The predicted octanol–water partition coefficient (Wildman–Crippen LogP) is 0.828. The third-order valence-electron chi connectivity index (χ3n) is 4.25. The molecule has 0 aromatic heterocycles. The highest BCUT2D eigenvalue weighted by atomic mass is 16.2. The van der Waals surface area contributed by atoms with Crippen molar-refractivity contribution in [3.63, 3.8) is 0 Å². The quantitative estimate of drug-likeness (QED) is 0.863. The van der Waals surface area contributed by atoms with Crippen LogP contribution in [0.25, 0.3) is 0 Å². The highest BCUT2D eigenvalue weighted by Gasteiger charge is 2.35. The monoisotopic (exact) mass is 270 g/mol. The van der Waals surface area contributed by atoms with Crippen molar-refractivity contribution in [3.05, 3.63) is 29.3 Å². The molecule has 0 spiro atoms. The summed E-state index contributed by atoms with van der Waals surface area (Å²) >= 11 is 0. The Kier molecular flexibility index (Phi) is 3.33. The van der Waals surface area contributed by atoms with Crippen LogP contribution in [0, 0.1) is 11.3 Å². The summed E-state index contributed by atoms with van der Waals surface area (Å²) in [5.74, 6) is 0.272. The number of hydrogen-bond acceptors (Lipinski definition) is 4. The van der Waals surface area contributed by atoms with E-state index >= 15 is 0 Å². The number of benzene rings is 1. The van der Waals surface area contributed by atoms with Gasteiger partial charge in [-0.2, -0.15) is 5.26 Å². The van der Waals surface area contributed by atoms with Gasteiger partial charge in [-0.1, -0.05) is 6.07 Å². The van der Waals surface area contributed by atoms with Gasteiger partial charge in [0, 0.05) is 38.6 Å². The Morgan fingerprint density at radius 3 is 3.00 bits per heavy atom. The molecule has 1 atom stereocenters. The molecule has 3 rings (SSSR count). The number of carbonyl (C=O) groups excluding carboxylic acids is 1. The number of nitrogens with two attached hydrogens (primary N) is 1. The molecule has 20 heavy (non-hydrogen) atoms. The van der Waals surface area contributed by atoms with E-state index in [4.69, 9.17) is 5.73 Å². The summed E-state index contributed by atoms with van der Waals surface area (Å²) in [7, 11) is 0. The summed E-state index contributed by atoms with van der Waals surface area (Å²) in [5.41, 5.74) is 8.23. The van der Waals surface area contributed by atoms with Crippen molar-refractivity contribution in [2.75, 3.05) is 24.5 Å². The molecule has 1 aromatic rings. The maximum atomic E-state index is 11.7. The van der Waals surface area contributed by atoms with E-state index in [1.54, 1.807) is 0 Å². The molecule has 2 heterocycles. The summed E-state index contributed by atoms with van der Waals surface area (Å²) in [6.07, 6.45) is 1.59. The summed E-state index contributed by atoms with van der Waals surface area (Å²) in [6.45, 7) is 2.81. The van der Waals surface area contributed by atoms with E-state index in [0.29, 0.717) is 24.6 Å². The lowest BCUT2D eigenvalue weighted by Gasteiger charge is -2.39. The van der Waals surface area contributed by atoms with E-state index in [2.05, 4.69) is 11.0 Å². The summed E-state index contributed by atoms with van der Waals surface area (Å²) in [4.78, 5) is 15.9. The Balaban J connectivity index is 1.84. The largest absolute Gasteiger partial charge is 0.367 e. The summed E-state index contributed by atoms with van der Waals surface area (Å²) < 4.78 is 0. The molecular weight excluding hydrogens is 252 g/mol. The molecule has 104 valence electrons. The van der Waals surface area contributed by atoms with Crippen molar-refractivity contribution in [2.24, 2.45) is 5.73 Å². The average Bonchev–Trinajstić information content (AvgIpc) is 2.87. The second-order valence-corrected chi connectivity index (χ2v) is 5.39. The third-order valence-corrected chi connectivity index (χ3v) is 4.25.